The van der Waals surface area contributed by atoms with Gasteiger partial charge in [0, 0.05) is 18.0 Å². The number of anilines is 1. The summed E-state index contributed by atoms with van der Waals surface area (Å²) in [5, 5.41) is 0. The normalized spacial score (nSPS) is 17.8. The van der Waals surface area contributed by atoms with Crippen molar-refractivity contribution in [3.63, 3.8) is 0 Å². The maximum absolute atomic E-state index is 11.9. The van der Waals surface area contributed by atoms with Crippen LogP contribution >= 0.6 is 11.3 Å². The molecule has 3 heterocycles. The van der Waals surface area contributed by atoms with Crippen molar-refractivity contribution in [1.29, 1.82) is 0 Å². The molecule has 0 radical (unpaired) electrons. The Kier molecular flexibility index (Phi) is 2.85. The lowest BCUT2D eigenvalue weighted by molar-refractivity contribution is -0.124. The molecule has 1 saturated heterocycles. The molecule has 1 aliphatic heterocycles. The lowest BCUT2D eigenvalue weighted by Gasteiger charge is -2.12. The first-order valence-electron chi connectivity index (χ1n) is 6.72. The molecule has 0 aliphatic carbocycles. The number of carbonyl (C=O) groups is 2. The van der Waals surface area contributed by atoms with E-state index in [1.807, 2.05) is 6.07 Å². The van der Waals surface area contributed by atoms with Gasteiger partial charge in [0.1, 0.15) is 0 Å². The van der Waals surface area contributed by atoms with E-state index in [9.17, 15) is 14.4 Å². The van der Waals surface area contributed by atoms with Crippen molar-refractivity contribution >= 4 is 44.2 Å². The van der Waals surface area contributed by atoms with Crippen molar-refractivity contribution in [3.05, 3.63) is 40.8 Å². The van der Waals surface area contributed by atoms with Crippen LogP contribution in [0, 0.1) is 0 Å². The quantitative estimate of drug-likeness (QED) is 0.745. The SMILES string of the molecule is NC(=O)[C@H]1CN(c2ccc3c(c2)sc2nc(=O)ccn23)C(=O)O1. The number of hydrogen-bond acceptors (Lipinski definition) is 6. The molecule has 3 aromatic rings. The minimum Gasteiger partial charge on any atom is -0.434 e. The molecule has 0 spiro atoms. The van der Waals surface area contributed by atoms with Gasteiger partial charge in [0.2, 0.25) is 0 Å². The number of cyclic esters (lactones) is 1. The van der Waals surface area contributed by atoms with E-state index in [1.165, 1.54) is 22.3 Å². The van der Waals surface area contributed by atoms with E-state index < -0.39 is 18.1 Å². The highest BCUT2D eigenvalue weighted by Crippen LogP contribution is 2.30. The molecule has 9 heteroatoms. The standard InChI is InChI=1S/C14H10N4O4S/c15-12(20)9-6-18(14(21)22-9)7-1-2-8-10(5-7)23-13-16-11(19)3-4-17(8)13/h1-5,9H,6H2,(H2,15,20)/t9-/m1/s1. The third-order valence-corrected chi connectivity index (χ3v) is 4.64. The number of benzene rings is 1. The lowest BCUT2D eigenvalue weighted by Crippen LogP contribution is -2.32. The van der Waals surface area contributed by atoms with Crippen molar-refractivity contribution in [3.8, 4) is 0 Å². The number of ether oxygens (including phenoxy) is 1. The van der Waals surface area contributed by atoms with E-state index in [4.69, 9.17) is 10.5 Å². The fourth-order valence-corrected chi connectivity index (χ4v) is 3.55. The Morgan fingerprint density at radius 1 is 1.35 bits per heavy atom. The monoisotopic (exact) mass is 330 g/mol. The first-order valence-corrected chi connectivity index (χ1v) is 7.54. The third kappa shape index (κ3) is 2.13. The van der Waals surface area contributed by atoms with E-state index in [0.29, 0.717) is 10.6 Å². The third-order valence-electron chi connectivity index (χ3n) is 3.62. The Morgan fingerprint density at radius 3 is 2.91 bits per heavy atom. The summed E-state index contributed by atoms with van der Waals surface area (Å²) in [7, 11) is 0. The van der Waals surface area contributed by atoms with Crippen LogP contribution < -0.4 is 16.2 Å². The van der Waals surface area contributed by atoms with Crippen LogP contribution in [0.25, 0.3) is 15.2 Å². The molecule has 0 bridgehead atoms. The molecule has 1 aliphatic rings. The molecule has 116 valence electrons. The summed E-state index contributed by atoms with van der Waals surface area (Å²) in [5.74, 6) is -0.675. The second-order valence-corrected chi connectivity index (χ2v) is 6.07. The van der Waals surface area contributed by atoms with Gasteiger partial charge in [-0.15, -0.1) is 0 Å². The summed E-state index contributed by atoms with van der Waals surface area (Å²) in [4.78, 5) is 40.3. The molecule has 2 aromatic heterocycles. The van der Waals surface area contributed by atoms with Crippen LogP contribution in [-0.4, -0.2) is 34.0 Å². The molecule has 1 aromatic carbocycles. The average Bonchev–Trinajstić information content (AvgIpc) is 3.06. The molecule has 4 rings (SSSR count). The second-order valence-electron chi connectivity index (χ2n) is 5.06. The summed E-state index contributed by atoms with van der Waals surface area (Å²) >= 11 is 1.34. The number of primary amides is 1. The molecule has 0 saturated carbocycles. The number of rotatable bonds is 2. The molecule has 23 heavy (non-hydrogen) atoms. The van der Waals surface area contributed by atoms with Crippen LogP contribution in [0.4, 0.5) is 10.5 Å². The van der Waals surface area contributed by atoms with Gasteiger partial charge >= 0.3 is 6.09 Å². The molecule has 2 amide bonds. The maximum Gasteiger partial charge on any atom is 0.415 e. The van der Waals surface area contributed by atoms with E-state index in [-0.39, 0.29) is 12.1 Å². The molecular formula is C14H10N4O4S. The summed E-state index contributed by atoms with van der Waals surface area (Å²) in [6.07, 6.45) is 0.109. The van der Waals surface area contributed by atoms with Gasteiger partial charge in [0.15, 0.2) is 11.1 Å². The Hall–Kier alpha value is -2.94. The number of carbonyl (C=O) groups excluding carboxylic acids is 2. The largest absolute Gasteiger partial charge is 0.434 e. The van der Waals surface area contributed by atoms with Gasteiger partial charge in [-0.3, -0.25) is 18.9 Å². The van der Waals surface area contributed by atoms with Crippen molar-refractivity contribution in [2.75, 3.05) is 11.4 Å². The number of thiazole rings is 1. The molecule has 1 fully saturated rings. The number of nitrogens with two attached hydrogens (primary N) is 1. The molecule has 2 N–H and O–H groups in total. The van der Waals surface area contributed by atoms with Crippen molar-refractivity contribution < 1.29 is 14.3 Å². The first kappa shape index (κ1) is 13.7. The van der Waals surface area contributed by atoms with Crippen molar-refractivity contribution in [2.45, 2.75) is 6.10 Å². The van der Waals surface area contributed by atoms with Gasteiger partial charge in [-0.2, -0.15) is 4.98 Å². The highest BCUT2D eigenvalue weighted by atomic mass is 32.1. The van der Waals surface area contributed by atoms with E-state index in [0.717, 1.165) is 10.2 Å². The zero-order chi connectivity index (χ0) is 16.1. The zero-order valence-corrected chi connectivity index (χ0v) is 12.4. The van der Waals surface area contributed by atoms with Gasteiger partial charge in [-0.1, -0.05) is 11.3 Å². The fourth-order valence-electron chi connectivity index (χ4n) is 2.51. The summed E-state index contributed by atoms with van der Waals surface area (Å²) < 4.78 is 7.60. The van der Waals surface area contributed by atoms with Crippen LogP contribution in [0.15, 0.2) is 35.3 Å². The van der Waals surface area contributed by atoms with E-state index >= 15 is 0 Å². The predicted molar refractivity (Wildman–Crippen MR) is 83.7 cm³/mol. The van der Waals surface area contributed by atoms with Gasteiger partial charge in [0.25, 0.3) is 11.5 Å². The van der Waals surface area contributed by atoms with Gasteiger partial charge in [-0.05, 0) is 18.2 Å². The number of amides is 2. The fraction of sp³-hybridized carbons (Fsp3) is 0.143. The minimum absolute atomic E-state index is 0.0840. The topological polar surface area (TPSA) is 107 Å². The smallest absolute Gasteiger partial charge is 0.415 e. The predicted octanol–water partition coefficient (Wildman–Crippen LogP) is 0.720. The second kappa shape index (κ2) is 4.78. The highest BCUT2D eigenvalue weighted by molar-refractivity contribution is 7.23. The number of fused-ring (bicyclic) bond motifs is 3. The summed E-state index contributed by atoms with van der Waals surface area (Å²) in [6, 6.07) is 6.76. The van der Waals surface area contributed by atoms with E-state index in [1.54, 1.807) is 22.7 Å². The lowest BCUT2D eigenvalue weighted by atomic mass is 10.2. The summed E-state index contributed by atoms with van der Waals surface area (Å²) in [5.41, 5.74) is 6.35. The number of hydrogen-bond donors (Lipinski definition) is 1. The molecule has 8 nitrogen and oxygen atoms in total. The van der Waals surface area contributed by atoms with Gasteiger partial charge in [-0.25, -0.2) is 4.79 Å². The zero-order valence-electron chi connectivity index (χ0n) is 11.6. The Labute approximate surface area is 132 Å². The Balaban J connectivity index is 1.80. The molecule has 0 unspecified atom stereocenters. The van der Waals surface area contributed by atoms with Gasteiger partial charge in [0.05, 0.1) is 16.8 Å². The number of nitrogens with zero attached hydrogens (tertiary/aromatic N) is 3. The Bertz CT molecular complexity index is 1020. The molecule has 1 atom stereocenters. The Morgan fingerprint density at radius 2 is 2.17 bits per heavy atom. The van der Waals surface area contributed by atoms with Crippen LogP contribution in [0.5, 0.6) is 0 Å². The van der Waals surface area contributed by atoms with Gasteiger partial charge < -0.3 is 10.5 Å². The van der Waals surface area contributed by atoms with Crippen LogP contribution in [0.1, 0.15) is 0 Å². The van der Waals surface area contributed by atoms with Crippen LogP contribution in [0.3, 0.4) is 0 Å². The van der Waals surface area contributed by atoms with Crippen LogP contribution in [0.2, 0.25) is 0 Å². The van der Waals surface area contributed by atoms with Crippen molar-refractivity contribution in [1.82, 2.24) is 9.38 Å². The minimum atomic E-state index is -0.945. The summed E-state index contributed by atoms with van der Waals surface area (Å²) in [6.45, 7) is 0.0840. The first-order chi connectivity index (χ1) is 11.0. The van der Waals surface area contributed by atoms with Crippen LogP contribution in [-0.2, 0) is 9.53 Å². The van der Waals surface area contributed by atoms with E-state index in [2.05, 4.69) is 4.98 Å². The highest BCUT2D eigenvalue weighted by Gasteiger charge is 2.35. The average molecular weight is 330 g/mol. The molecular weight excluding hydrogens is 320 g/mol. The number of aromatic nitrogens is 2. The maximum atomic E-state index is 11.9. The van der Waals surface area contributed by atoms with Crippen molar-refractivity contribution in [2.24, 2.45) is 5.73 Å².